The van der Waals surface area contributed by atoms with Crippen LogP contribution in [-0.2, 0) is 16.6 Å². The zero-order chi connectivity index (χ0) is 20.9. The molecule has 0 saturated heterocycles. The van der Waals surface area contributed by atoms with Gasteiger partial charge in [0.25, 0.3) is 15.6 Å². The van der Waals surface area contributed by atoms with Crippen LogP contribution >= 0.6 is 22.7 Å². The number of rotatable bonds is 4. The maximum atomic E-state index is 13.3. The van der Waals surface area contributed by atoms with E-state index >= 15 is 0 Å². The fourth-order valence-corrected chi connectivity index (χ4v) is 5.65. The summed E-state index contributed by atoms with van der Waals surface area (Å²) in [5, 5.41) is 15.4. The predicted molar refractivity (Wildman–Crippen MR) is 117 cm³/mol. The van der Waals surface area contributed by atoms with E-state index in [4.69, 9.17) is 0 Å². The van der Waals surface area contributed by atoms with Crippen molar-refractivity contribution in [1.29, 1.82) is 0 Å². The Kier molecular flexibility index (Phi) is 4.34. The highest BCUT2D eigenvalue weighted by Gasteiger charge is 2.30. The number of aromatic hydroxyl groups is 1. The Labute approximate surface area is 178 Å². The molecular formula is C18H13N5O4S3. The number of aromatic nitrogens is 2. The number of hydrogen-bond donors (Lipinski definition) is 3. The van der Waals surface area contributed by atoms with Gasteiger partial charge in [0.1, 0.15) is 10.5 Å². The second-order valence-electron chi connectivity index (χ2n) is 6.34. The van der Waals surface area contributed by atoms with Crippen LogP contribution in [0.25, 0.3) is 10.2 Å². The molecule has 5 rings (SSSR count). The van der Waals surface area contributed by atoms with E-state index in [1.165, 1.54) is 33.4 Å². The first kappa shape index (κ1) is 18.8. The van der Waals surface area contributed by atoms with Crippen molar-refractivity contribution in [3.63, 3.8) is 0 Å². The fraction of sp³-hybridized carbons (Fsp3) is 0.0556. The highest BCUT2D eigenvalue weighted by molar-refractivity contribution is 7.90. The van der Waals surface area contributed by atoms with Crippen LogP contribution in [-0.4, -0.2) is 29.0 Å². The fourth-order valence-electron chi connectivity index (χ4n) is 3.17. The summed E-state index contributed by atoms with van der Waals surface area (Å²) < 4.78 is 30.7. The zero-order valence-electron chi connectivity index (χ0n) is 15.1. The van der Waals surface area contributed by atoms with Crippen LogP contribution in [0.1, 0.15) is 10.4 Å². The monoisotopic (exact) mass is 459 g/mol. The Morgan fingerprint density at radius 3 is 2.83 bits per heavy atom. The van der Waals surface area contributed by atoms with Crippen molar-refractivity contribution in [2.45, 2.75) is 11.4 Å². The molecule has 1 aromatic carbocycles. The van der Waals surface area contributed by atoms with Gasteiger partial charge in [-0.25, -0.2) is 4.68 Å². The molecule has 0 radical (unpaired) electrons. The van der Waals surface area contributed by atoms with Crippen molar-refractivity contribution in [3.8, 4) is 5.75 Å². The number of nitrogens with zero attached hydrogens (tertiary/aromatic N) is 3. The zero-order valence-corrected chi connectivity index (χ0v) is 17.5. The van der Waals surface area contributed by atoms with Gasteiger partial charge in [-0.05, 0) is 23.6 Å². The van der Waals surface area contributed by atoms with Gasteiger partial charge in [-0.15, -0.1) is 27.1 Å². The van der Waals surface area contributed by atoms with Crippen molar-refractivity contribution < 1.29 is 13.5 Å². The van der Waals surface area contributed by atoms with E-state index in [2.05, 4.69) is 20.1 Å². The van der Waals surface area contributed by atoms with Crippen LogP contribution in [0.3, 0.4) is 0 Å². The number of thiophene rings is 1. The number of amidine groups is 1. The number of nitrogens with one attached hydrogen (secondary N) is 2. The third-order valence-corrected chi connectivity index (χ3v) is 7.54. The van der Waals surface area contributed by atoms with Gasteiger partial charge in [-0.1, -0.05) is 12.1 Å². The normalized spacial score (nSPS) is 14.7. The van der Waals surface area contributed by atoms with Gasteiger partial charge in [-0.2, -0.15) is 8.42 Å². The Morgan fingerprint density at radius 1 is 1.20 bits per heavy atom. The second-order valence-corrected chi connectivity index (χ2v) is 9.80. The van der Waals surface area contributed by atoms with Crippen LogP contribution in [0.4, 0.5) is 5.69 Å². The minimum absolute atomic E-state index is 0.00841. The van der Waals surface area contributed by atoms with Gasteiger partial charge >= 0.3 is 0 Å². The molecule has 0 bridgehead atoms. The third kappa shape index (κ3) is 2.96. The van der Waals surface area contributed by atoms with Crippen LogP contribution < -0.4 is 16.3 Å². The third-order valence-electron chi connectivity index (χ3n) is 4.52. The maximum absolute atomic E-state index is 13.3. The smallest absolute Gasteiger partial charge is 0.286 e. The molecule has 12 heteroatoms. The minimum atomic E-state index is -4.03. The largest absolute Gasteiger partial charge is 0.505 e. The van der Waals surface area contributed by atoms with Crippen molar-refractivity contribution in [2.24, 2.45) is 4.40 Å². The lowest BCUT2D eigenvalue weighted by atomic mass is 10.2. The number of anilines is 1. The molecule has 1 aliphatic heterocycles. The Bertz CT molecular complexity index is 1470. The summed E-state index contributed by atoms with van der Waals surface area (Å²) in [6.45, 7) is 0.334. The Morgan fingerprint density at radius 2 is 2.03 bits per heavy atom. The first-order valence-electron chi connectivity index (χ1n) is 8.63. The molecule has 3 aromatic heterocycles. The molecule has 3 N–H and O–H groups in total. The van der Waals surface area contributed by atoms with Crippen LogP contribution in [0, 0.1) is 0 Å². The van der Waals surface area contributed by atoms with E-state index in [1.54, 1.807) is 41.4 Å². The topological polar surface area (TPSA) is 126 Å². The van der Waals surface area contributed by atoms with Crippen LogP contribution in [0.15, 0.2) is 61.5 Å². The highest BCUT2D eigenvalue weighted by Crippen LogP contribution is 2.34. The van der Waals surface area contributed by atoms with E-state index < -0.39 is 15.6 Å². The summed E-state index contributed by atoms with van der Waals surface area (Å²) >= 11 is 2.66. The lowest BCUT2D eigenvalue weighted by Crippen LogP contribution is -2.36. The average molecular weight is 460 g/mol. The molecule has 0 unspecified atom stereocenters. The van der Waals surface area contributed by atoms with Crippen molar-refractivity contribution >= 4 is 54.4 Å². The molecule has 0 spiro atoms. The Hall–Kier alpha value is -3.22. The number of pyridine rings is 1. The standard InChI is InChI=1S/C18H13N5O4S3/c24-15-14(17-21-11-3-1-2-4-13(11)30(26,27)22-17)18(25)23(12-5-6-28-16(12)15)20-8-10-7-19-9-29-10/h1-7,9,20,24H,8H2,(H,21,22). The molecule has 0 atom stereocenters. The van der Waals surface area contributed by atoms with Gasteiger partial charge in [0.15, 0.2) is 11.6 Å². The van der Waals surface area contributed by atoms with E-state index in [-0.39, 0.29) is 27.7 Å². The summed E-state index contributed by atoms with van der Waals surface area (Å²) in [7, 11) is -4.03. The van der Waals surface area contributed by atoms with Gasteiger partial charge in [0, 0.05) is 11.1 Å². The quantitative estimate of drug-likeness (QED) is 0.428. The van der Waals surface area contributed by atoms with Crippen molar-refractivity contribution in [1.82, 2.24) is 9.66 Å². The molecular weight excluding hydrogens is 446 g/mol. The van der Waals surface area contributed by atoms with Gasteiger partial charge < -0.3 is 15.8 Å². The maximum Gasteiger partial charge on any atom is 0.286 e. The molecule has 4 aromatic rings. The van der Waals surface area contributed by atoms with Crippen LogP contribution in [0.5, 0.6) is 5.75 Å². The van der Waals surface area contributed by atoms with Crippen molar-refractivity contribution in [2.75, 3.05) is 10.7 Å². The summed E-state index contributed by atoms with van der Waals surface area (Å²) in [6, 6.07) is 7.95. The summed E-state index contributed by atoms with van der Waals surface area (Å²) in [6.07, 6.45) is 1.69. The summed E-state index contributed by atoms with van der Waals surface area (Å²) in [5.74, 6) is -0.540. The Balaban J connectivity index is 1.69. The average Bonchev–Trinajstić information content (AvgIpc) is 3.40. The summed E-state index contributed by atoms with van der Waals surface area (Å²) in [4.78, 5) is 18.2. The summed E-state index contributed by atoms with van der Waals surface area (Å²) in [5.41, 5.74) is 4.64. The van der Waals surface area contributed by atoms with Gasteiger partial charge in [-0.3, -0.25) is 9.78 Å². The number of sulfonamides is 1. The van der Waals surface area contributed by atoms with Crippen LogP contribution in [0.2, 0.25) is 0 Å². The number of hydrogen-bond acceptors (Lipinski definition) is 9. The highest BCUT2D eigenvalue weighted by atomic mass is 32.2. The number of thiazole rings is 1. The molecule has 4 heterocycles. The molecule has 152 valence electrons. The van der Waals surface area contributed by atoms with E-state index in [0.29, 0.717) is 16.8 Å². The molecule has 1 aliphatic rings. The molecule has 9 nitrogen and oxygen atoms in total. The number of benzene rings is 1. The molecule has 0 saturated carbocycles. The number of fused-ring (bicyclic) bond motifs is 2. The first-order valence-corrected chi connectivity index (χ1v) is 11.8. The van der Waals surface area contributed by atoms with E-state index in [1.807, 2.05) is 0 Å². The molecule has 0 aliphatic carbocycles. The molecule has 0 fully saturated rings. The van der Waals surface area contributed by atoms with Gasteiger partial charge in [0.2, 0.25) is 0 Å². The predicted octanol–water partition coefficient (Wildman–Crippen LogP) is 2.53. The SMILES string of the molecule is O=c1c(C2=NS(=O)(=O)c3ccccc3N2)c(O)c2sccc2n1NCc1cncs1. The molecule has 30 heavy (non-hydrogen) atoms. The van der Waals surface area contributed by atoms with Gasteiger partial charge in [0.05, 0.1) is 28.0 Å². The van der Waals surface area contributed by atoms with E-state index in [0.717, 1.165) is 4.88 Å². The first-order chi connectivity index (χ1) is 14.5. The lowest BCUT2D eigenvalue weighted by molar-refractivity contribution is 0.479. The van der Waals surface area contributed by atoms with E-state index in [9.17, 15) is 18.3 Å². The molecule has 0 amide bonds. The second kappa shape index (κ2) is 6.93. The van der Waals surface area contributed by atoms with Crippen molar-refractivity contribution in [3.05, 3.63) is 68.2 Å². The number of para-hydroxylation sites is 1. The lowest BCUT2D eigenvalue weighted by Gasteiger charge is -2.20. The minimum Gasteiger partial charge on any atom is -0.505 e.